The highest BCUT2D eigenvalue weighted by Crippen LogP contribution is 2.35. The first kappa shape index (κ1) is 28.8. The van der Waals surface area contributed by atoms with Gasteiger partial charge in [-0.25, -0.2) is 14.4 Å². The van der Waals surface area contributed by atoms with Crippen LogP contribution in [0.4, 0.5) is 9.59 Å². The molecule has 37 heavy (non-hydrogen) atoms. The summed E-state index contributed by atoms with van der Waals surface area (Å²) in [5.41, 5.74) is 1.49. The van der Waals surface area contributed by atoms with Crippen LogP contribution in [-0.2, 0) is 9.53 Å². The first-order chi connectivity index (χ1) is 17.7. The highest BCUT2D eigenvalue weighted by Gasteiger charge is 2.39. The minimum absolute atomic E-state index is 0.0478. The van der Waals surface area contributed by atoms with Gasteiger partial charge in [-0.05, 0) is 38.0 Å². The van der Waals surface area contributed by atoms with E-state index in [1.54, 1.807) is 31.2 Å². The zero-order chi connectivity index (χ0) is 27.1. The van der Waals surface area contributed by atoms with Crippen molar-refractivity contribution in [1.82, 2.24) is 25.3 Å². The molecule has 0 bridgehead atoms. The van der Waals surface area contributed by atoms with E-state index in [2.05, 4.69) is 22.1 Å². The number of esters is 1. The number of carbonyl (C=O) groups is 3. The maximum Gasteiger partial charge on any atom is 0.338 e. The van der Waals surface area contributed by atoms with Gasteiger partial charge in [0.05, 0.1) is 28.3 Å². The predicted molar refractivity (Wildman–Crippen MR) is 145 cm³/mol. The zero-order valence-electron chi connectivity index (χ0n) is 21.6. The Morgan fingerprint density at radius 3 is 2.62 bits per heavy atom. The molecule has 2 aliphatic rings. The van der Waals surface area contributed by atoms with Gasteiger partial charge in [0.2, 0.25) is 0 Å². The minimum atomic E-state index is -0.768. The van der Waals surface area contributed by atoms with Crippen molar-refractivity contribution < 1.29 is 19.1 Å². The number of halogens is 2. The first-order valence-corrected chi connectivity index (χ1v) is 13.3. The lowest BCUT2D eigenvalue weighted by atomic mass is 9.94. The number of piperazine rings is 1. The second kappa shape index (κ2) is 13.2. The van der Waals surface area contributed by atoms with E-state index in [9.17, 15) is 14.4 Å². The lowest BCUT2D eigenvalue weighted by Crippen LogP contribution is -2.58. The average molecular weight is 553 g/mol. The summed E-state index contributed by atoms with van der Waals surface area (Å²) >= 11 is 12.4. The molecular weight excluding hydrogens is 517 g/mol. The van der Waals surface area contributed by atoms with Gasteiger partial charge in [-0.2, -0.15) is 0 Å². The van der Waals surface area contributed by atoms with E-state index < -0.39 is 12.0 Å². The number of hydrogen-bond donors (Lipinski definition) is 2. The summed E-state index contributed by atoms with van der Waals surface area (Å²) in [4.78, 5) is 44.6. The predicted octanol–water partition coefficient (Wildman–Crippen LogP) is 4.19. The smallest absolute Gasteiger partial charge is 0.338 e. The third-order valence-corrected chi connectivity index (χ3v) is 7.13. The summed E-state index contributed by atoms with van der Waals surface area (Å²) in [7, 11) is 0. The van der Waals surface area contributed by atoms with Crippen molar-refractivity contribution in [1.29, 1.82) is 0 Å². The summed E-state index contributed by atoms with van der Waals surface area (Å²) < 4.78 is 5.44. The molecule has 0 spiro atoms. The molecule has 9 nitrogen and oxygen atoms in total. The molecule has 2 heterocycles. The number of amides is 4. The van der Waals surface area contributed by atoms with Gasteiger partial charge >= 0.3 is 18.0 Å². The Morgan fingerprint density at radius 1 is 1.24 bits per heavy atom. The Bertz CT molecular complexity index is 1060. The molecule has 0 saturated carbocycles. The minimum Gasteiger partial charge on any atom is -0.463 e. The summed E-state index contributed by atoms with van der Waals surface area (Å²) in [6.45, 7) is 12.6. The summed E-state index contributed by atoms with van der Waals surface area (Å²) in [5, 5.41) is 6.54. The molecule has 1 saturated heterocycles. The van der Waals surface area contributed by atoms with Gasteiger partial charge in [0, 0.05) is 51.0 Å². The van der Waals surface area contributed by atoms with E-state index in [1.165, 1.54) is 4.90 Å². The van der Waals surface area contributed by atoms with Crippen molar-refractivity contribution in [3.8, 4) is 0 Å². The van der Waals surface area contributed by atoms with Gasteiger partial charge < -0.3 is 20.3 Å². The van der Waals surface area contributed by atoms with Crippen LogP contribution in [0.2, 0.25) is 10.0 Å². The molecule has 0 aliphatic carbocycles. The monoisotopic (exact) mass is 551 g/mol. The second-order valence-corrected chi connectivity index (χ2v) is 9.86. The Morgan fingerprint density at radius 2 is 2.00 bits per heavy atom. The van der Waals surface area contributed by atoms with Crippen LogP contribution in [-0.4, -0.2) is 84.6 Å². The third-order valence-electron chi connectivity index (χ3n) is 6.39. The normalized spacial score (nSPS) is 20.5. The van der Waals surface area contributed by atoms with Crippen LogP contribution in [0.3, 0.4) is 0 Å². The van der Waals surface area contributed by atoms with Crippen LogP contribution in [0.25, 0.3) is 0 Å². The maximum atomic E-state index is 13.3. The topological polar surface area (TPSA) is 94.2 Å². The molecule has 0 aromatic heterocycles. The summed E-state index contributed by atoms with van der Waals surface area (Å²) in [5.74, 6) is -0.520. The number of nitrogens with zero attached hydrogens (tertiary/aromatic N) is 3. The standard InChI is InChI=1S/C26H35Cl2N5O4/c1-5-10-29-25(35)32-13-12-31(15-17(32)4)16-21-22(24(34)37-7-3)23(30-26(36)33(21)11-6-2)18-8-9-19(27)20(28)14-18/h6,8-9,14,17,23H,2,5,7,10-13,15-16H2,1,3-4H3,(H,29,35)(H,30,36). The van der Waals surface area contributed by atoms with Crippen molar-refractivity contribution in [2.75, 3.05) is 45.9 Å². The fourth-order valence-corrected chi connectivity index (χ4v) is 4.92. The van der Waals surface area contributed by atoms with Gasteiger partial charge in [0.25, 0.3) is 0 Å². The van der Waals surface area contributed by atoms with Gasteiger partial charge in [0.1, 0.15) is 0 Å². The van der Waals surface area contributed by atoms with E-state index in [-0.39, 0.29) is 31.3 Å². The van der Waals surface area contributed by atoms with Gasteiger partial charge in [0.15, 0.2) is 0 Å². The second-order valence-electron chi connectivity index (χ2n) is 9.05. The van der Waals surface area contributed by atoms with E-state index in [4.69, 9.17) is 27.9 Å². The van der Waals surface area contributed by atoms with Crippen LogP contribution in [0.5, 0.6) is 0 Å². The van der Waals surface area contributed by atoms with Crippen LogP contribution < -0.4 is 10.6 Å². The molecule has 2 N–H and O–H groups in total. The molecule has 4 amide bonds. The van der Waals surface area contributed by atoms with Crippen molar-refractivity contribution in [3.63, 3.8) is 0 Å². The summed E-state index contributed by atoms with van der Waals surface area (Å²) in [6, 6.07) is 3.76. The third kappa shape index (κ3) is 6.77. The number of urea groups is 2. The van der Waals surface area contributed by atoms with E-state index >= 15 is 0 Å². The van der Waals surface area contributed by atoms with Crippen molar-refractivity contribution in [2.24, 2.45) is 0 Å². The molecular formula is C26H35Cl2N5O4. The maximum absolute atomic E-state index is 13.3. The lowest BCUT2D eigenvalue weighted by Gasteiger charge is -2.42. The molecule has 0 radical (unpaired) electrons. The molecule has 3 rings (SSSR count). The average Bonchev–Trinajstić information content (AvgIpc) is 2.86. The molecule has 1 fully saturated rings. The number of hydrogen-bond acceptors (Lipinski definition) is 5. The Labute approximate surface area is 228 Å². The highest BCUT2D eigenvalue weighted by atomic mass is 35.5. The number of ether oxygens (including phenoxy) is 1. The van der Waals surface area contributed by atoms with E-state index in [0.717, 1.165) is 6.42 Å². The Hall–Kier alpha value is -2.75. The van der Waals surface area contributed by atoms with Crippen LogP contribution in [0.15, 0.2) is 42.1 Å². The Kier molecular flexibility index (Phi) is 10.3. The van der Waals surface area contributed by atoms with Crippen molar-refractivity contribution in [2.45, 2.75) is 39.3 Å². The van der Waals surface area contributed by atoms with Crippen molar-refractivity contribution >= 4 is 41.2 Å². The van der Waals surface area contributed by atoms with Crippen LogP contribution >= 0.6 is 23.2 Å². The molecule has 202 valence electrons. The first-order valence-electron chi connectivity index (χ1n) is 12.5. The largest absolute Gasteiger partial charge is 0.463 e. The number of benzene rings is 1. The van der Waals surface area contributed by atoms with Crippen LogP contribution in [0.1, 0.15) is 38.8 Å². The SMILES string of the molecule is C=CCN1C(=O)NC(c2ccc(Cl)c(Cl)c2)C(C(=O)OCC)=C1CN1CCN(C(=O)NCCC)C(C)C1. The lowest BCUT2D eigenvalue weighted by molar-refractivity contribution is -0.139. The van der Waals surface area contributed by atoms with E-state index in [0.29, 0.717) is 59.6 Å². The molecule has 1 aromatic carbocycles. The summed E-state index contributed by atoms with van der Waals surface area (Å²) in [6.07, 6.45) is 2.48. The zero-order valence-corrected chi connectivity index (χ0v) is 23.1. The fraction of sp³-hybridized carbons (Fsp3) is 0.500. The van der Waals surface area contributed by atoms with Gasteiger partial charge in [-0.15, -0.1) is 6.58 Å². The number of rotatable bonds is 9. The van der Waals surface area contributed by atoms with Crippen molar-refractivity contribution in [3.05, 3.63) is 57.7 Å². The molecule has 11 heteroatoms. The van der Waals surface area contributed by atoms with Gasteiger partial charge in [-0.1, -0.05) is 42.3 Å². The molecule has 2 aliphatic heterocycles. The highest BCUT2D eigenvalue weighted by molar-refractivity contribution is 6.42. The molecule has 1 aromatic rings. The fourth-order valence-electron chi connectivity index (χ4n) is 4.61. The van der Waals surface area contributed by atoms with Crippen LogP contribution in [0, 0.1) is 0 Å². The number of nitrogens with one attached hydrogen (secondary N) is 2. The number of carbonyl (C=O) groups excluding carboxylic acids is 3. The van der Waals surface area contributed by atoms with Gasteiger partial charge in [-0.3, -0.25) is 9.80 Å². The molecule has 2 atom stereocenters. The Balaban J connectivity index is 1.98. The van der Waals surface area contributed by atoms with E-state index in [1.807, 2.05) is 18.7 Å². The molecule has 2 unspecified atom stereocenters. The quantitative estimate of drug-likeness (QED) is 0.354.